The van der Waals surface area contributed by atoms with Gasteiger partial charge in [0.05, 0.1) is 16.6 Å². The summed E-state index contributed by atoms with van der Waals surface area (Å²) in [7, 11) is 0. The minimum atomic E-state index is -0.977. The molecule has 0 aliphatic heterocycles. The third-order valence-electron chi connectivity index (χ3n) is 3.20. The maximum atomic E-state index is 11.3. The van der Waals surface area contributed by atoms with Crippen LogP contribution >= 0.6 is 0 Å². The highest BCUT2D eigenvalue weighted by Crippen LogP contribution is 2.22. The first-order valence-electron chi connectivity index (χ1n) is 6.54. The molecule has 1 aromatic heterocycles. The molecule has 20 heavy (non-hydrogen) atoms. The Balaban J connectivity index is 2.48. The Hall–Kier alpha value is -2.37. The van der Waals surface area contributed by atoms with Crippen LogP contribution in [0.25, 0.3) is 11.0 Å². The number of fused-ring (bicyclic) bond motifs is 1. The number of nitrogens with two attached hydrogens (primary N) is 1. The van der Waals surface area contributed by atoms with Crippen LogP contribution in [0.2, 0.25) is 0 Å². The van der Waals surface area contributed by atoms with Gasteiger partial charge in [-0.1, -0.05) is 13.0 Å². The Labute approximate surface area is 116 Å². The molecule has 0 saturated heterocycles. The van der Waals surface area contributed by atoms with Crippen molar-refractivity contribution in [3.05, 3.63) is 29.6 Å². The summed E-state index contributed by atoms with van der Waals surface area (Å²) in [5.41, 5.74) is 6.65. The Morgan fingerprint density at radius 3 is 2.75 bits per heavy atom. The molecule has 2 aromatic rings. The maximum Gasteiger partial charge on any atom is 0.337 e. The molecule has 1 heterocycles. The van der Waals surface area contributed by atoms with Gasteiger partial charge >= 0.3 is 5.97 Å². The number of carboxylic acid groups (broad SMARTS) is 1. The molecule has 0 saturated carbocycles. The molecule has 2 rings (SSSR count). The molecule has 0 aliphatic carbocycles. The Morgan fingerprint density at radius 2 is 2.15 bits per heavy atom. The van der Waals surface area contributed by atoms with E-state index in [0.29, 0.717) is 30.4 Å². The van der Waals surface area contributed by atoms with E-state index in [1.54, 1.807) is 18.2 Å². The number of aryl methyl sites for hydroxylation is 2. The van der Waals surface area contributed by atoms with Crippen LogP contribution in [0.3, 0.4) is 0 Å². The second-order valence-corrected chi connectivity index (χ2v) is 4.58. The number of aromatic nitrogens is 2. The molecule has 0 atom stereocenters. The van der Waals surface area contributed by atoms with E-state index in [1.165, 1.54) is 0 Å². The predicted molar refractivity (Wildman–Crippen MR) is 74.5 cm³/mol. The number of carboxylic acids is 1. The molecule has 0 bridgehead atoms. The van der Waals surface area contributed by atoms with E-state index in [1.807, 2.05) is 11.5 Å². The van der Waals surface area contributed by atoms with E-state index in [-0.39, 0.29) is 17.9 Å². The van der Waals surface area contributed by atoms with Gasteiger partial charge in [-0.05, 0) is 18.6 Å². The summed E-state index contributed by atoms with van der Waals surface area (Å²) < 4.78 is 1.88. The van der Waals surface area contributed by atoms with Gasteiger partial charge in [-0.15, -0.1) is 0 Å². The highest BCUT2D eigenvalue weighted by atomic mass is 16.4. The van der Waals surface area contributed by atoms with Crippen molar-refractivity contribution in [1.82, 2.24) is 9.55 Å². The average molecular weight is 275 g/mol. The summed E-state index contributed by atoms with van der Waals surface area (Å²) in [4.78, 5) is 26.6. The van der Waals surface area contributed by atoms with Crippen molar-refractivity contribution in [2.75, 3.05) is 0 Å². The van der Waals surface area contributed by atoms with Crippen molar-refractivity contribution in [2.45, 2.75) is 32.7 Å². The summed E-state index contributed by atoms with van der Waals surface area (Å²) in [5.74, 6) is -0.515. The van der Waals surface area contributed by atoms with E-state index < -0.39 is 5.97 Å². The fraction of sp³-hybridized carbons (Fsp3) is 0.357. The van der Waals surface area contributed by atoms with Gasteiger partial charge in [0.25, 0.3) is 0 Å². The van der Waals surface area contributed by atoms with Crippen molar-refractivity contribution >= 4 is 22.9 Å². The van der Waals surface area contributed by atoms with Crippen LogP contribution in [0, 0.1) is 0 Å². The lowest BCUT2D eigenvalue weighted by Crippen LogP contribution is -2.13. The molecule has 6 nitrogen and oxygen atoms in total. The fourth-order valence-electron chi connectivity index (χ4n) is 2.33. The van der Waals surface area contributed by atoms with Crippen LogP contribution < -0.4 is 5.73 Å². The lowest BCUT2D eigenvalue weighted by Gasteiger charge is -2.08. The summed E-state index contributed by atoms with van der Waals surface area (Å²) >= 11 is 0. The van der Waals surface area contributed by atoms with Crippen molar-refractivity contribution in [3.8, 4) is 0 Å². The molecule has 0 unspecified atom stereocenters. The average Bonchev–Trinajstić information content (AvgIpc) is 2.76. The standard InChI is InChI=1S/C14H17N3O3/c1-2-12-16-10-6-3-5-9(14(19)20)13(10)17(12)8-4-7-11(15)18/h3,5-6H,2,4,7-8H2,1H3,(H2,15,18)(H,19,20). The first kappa shape index (κ1) is 14.0. The number of hydrogen-bond acceptors (Lipinski definition) is 3. The minimum Gasteiger partial charge on any atom is -0.478 e. The molecular formula is C14H17N3O3. The van der Waals surface area contributed by atoms with Crippen molar-refractivity contribution < 1.29 is 14.7 Å². The zero-order valence-corrected chi connectivity index (χ0v) is 11.3. The number of amides is 1. The topological polar surface area (TPSA) is 98.2 Å². The minimum absolute atomic E-state index is 0.230. The molecule has 0 fully saturated rings. The van der Waals surface area contributed by atoms with Crippen molar-refractivity contribution in [1.29, 1.82) is 0 Å². The smallest absolute Gasteiger partial charge is 0.337 e. The number of nitrogens with zero attached hydrogens (tertiary/aromatic N) is 2. The quantitative estimate of drug-likeness (QED) is 0.835. The first-order valence-corrected chi connectivity index (χ1v) is 6.54. The summed E-state index contributed by atoms with van der Waals surface area (Å²) in [5, 5.41) is 9.29. The number of rotatable bonds is 6. The van der Waals surface area contributed by atoms with Crippen LogP contribution in [0.4, 0.5) is 0 Å². The normalized spacial score (nSPS) is 10.8. The molecule has 0 aliphatic rings. The summed E-state index contributed by atoms with van der Waals surface area (Å²) in [6.45, 7) is 2.50. The number of carbonyl (C=O) groups is 2. The second kappa shape index (κ2) is 5.73. The zero-order chi connectivity index (χ0) is 14.7. The zero-order valence-electron chi connectivity index (χ0n) is 11.3. The van der Waals surface area contributed by atoms with Gasteiger partial charge in [0.1, 0.15) is 5.82 Å². The van der Waals surface area contributed by atoms with E-state index in [2.05, 4.69) is 4.98 Å². The van der Waals surface area contributed by atoms with Crippen LogP contribution in [0.1, 0.15) is 35.9 Å². The van der Waals surface area contributed by atoms with E-state index in [4.69, 9.17) is 5.73 Å². The molecule has 3 N–H and O–H groups in total. The first-order chi connectivity index (χ1) is 9.54. The highest BCUT2D eigenvalue weighted by molar-refractivity contribution is 6.01. The van der Waals surface area contributed by atoms with Crippen LogP contribution in [0.15, 0.2) is 18.2 Å². The van der Waals surface area contributed by atoms with Gasteiger partial charge in [0, 0.05) is 19.4 Å². The number of primary amides is 1. The number of aromatic carboxylic acids is 1. The Bertz CT molecular complexity index is 661. The largest absolute Gasteiger partial charge is 0.478 e. The molecular weight excluding hydrogens is 258 g/mol. The van der Waals surface area contributed by atoms with Crippen LogP contribution in [-0.2, 0) is 17.8 Å². The molecule has 6 heteroatoms. The SMILES string of the molecule is CCc1nc2cccc(C(=O)O)c2n1CCCC(N)=O. The van der Waals surface area contributed by atoms with Crippen LogP contribution in [0.5, 0.6) is 0 Å². The maximum absolute atomic E-state index is 11.3. The van der Waals surface area contributed by atoms with Crippen molar-refractivity contribution in [2.24, 2.45) is 5.73 Å². The van der Waals surface area contributed by atoms with Crippen molar-refractivity contribution in [3.63, 3.8) is 0 Å². The van der Waals surface area contributed by atoms with Gasteiger partial charge in [0.2, 0.25) is 5.91 Å². The van der Waals surface area contributed by atoms with Gasteiger partial charge in [0.15, 0.2) is 0 Å². The molecule has 106 valence electrons. The predicted octanol–water partition coefficient (Wildman–Crippen LogP) is 1.56. The molecule has 1 amide bonds. The van der Waals surface area contributed by atoms with Crippen LogP contribution in [-0.4, -0.2) is 26.5 Å². The number of benzene rings is 1. The van der Waals surface area contributed by atoms with E-state index >= 15 is 0 Å². The lowest BCUT2D eigenvalue weighted by molar-refractivity contribution is -0.118. The number of hydrogen-bond donors (Lipinski definition) is 2. The Kier molecular flexibility index (Phi) is 4.02. The Morgan fingerprint density at radius 1 is 1.40 bits per heavy atom. The highest BCUT2D eigenvalue weighted by Gasteiger charge is 2.16. The number of imidazole rings is 1. The third-order valence-corrected chi connectivity index (χ3v) is 3.20. The molecule has 1 aromatic carbocycles. The molecule has 0 spiro atoms. The summed E-state index contributed by atoms with van der Waals surface area (Å²) in [6.07, 6.45) is 1.55. The number of para-hydroxylation sites is 1. The van der Waals surface area contributed by atoms with Gasteiger partial charge < -0.3 is 15.4 Å². The van der Waals surface area contributed by atoms with Gasteiger partial charge in [-0.2, -0.15) is 0 Å². The number of carbonyl (C=O) groups excluding carboxylic acids is 1. The van der Waals surface area contributed by atoms with Gasteiger partial charge in [-0.3, -0.25) is 4.79 Å². The third kappa shape index (κ3) is 2.64. The van der Waals surface area contributed by atoms with E-state index in [9.17, 15) is 14.7 Å². The monoisotopic (exact) mass is 275 g/mol. The second-order valence-electron chi connectivity index (χ2n) is 4.58. The van der Waals surface area contributed by atoms with E-state index in [0.717, 1.165) is 5.82 Å². The molecule has 0 radical (unpaired) electrons. The summed E-state index contributed by atoms with van der Waals surface area (Å²) in [6, 6.07) is 5.05. The van der Waals surface area contributed by atoms with Gasteiger partial charge in [-0.25, -0.2) is 9.78 Å². The lowest BCUT2D eigenvalue weighted by atomic mass is 10.2. The fourth-order valence-corrected chi connectivity index (χ4v) is 2.33.